The van der Waals surface area contributed by atoms with E-state index < -0.39 is 107 Å². The van der Waals surface area contributed by atoms with Crippen LogP contribution in [0.5, 0.6) is 0 Å². The van der Waals surface area contributed by atoms with Crippen molar-refractivity contribution in [1.29, 1.82) is 5.26 Å². The zero-order chi connectivity index (χ0) is 40.5. The highest BCUT2D eigenvalue weighted by atomic mass is 16.8. The van der Waals surface area contributed by atoms with Gasteiger partial charge < -0.3 is 53.3 Å². The van der Waals surface area contributed by atoms with E-state index >= 15 is 0 Å². The van der Waals surface area contributed by atoms with Crippen LogP contribution >= 0.6 is 0 Å². The molecule has 5 rings (SSSR count). The van der Waals surface area contributed by atoms with E-state index in [1.54, 1.807) is 55.4 Å². The average molecular weight is 780 g/mol. The number of carbonyl (C=O) groups is 2. The van der Waals surface area contributed by atoms with Gasteiger partial charge in [0, 0.05) is 25.2 Å². The standard InChI is InChI=1S/C37H57N5O13/c1-11-37(12-2)52-23-20(19-40-33(46)55-35(6,7)8)47-31(28(23)53-37)49-24(22(39-17-14-13-16-38)30(44)54-34(3,4)5)25-26-27(51-36(9,10)50-26)29(48-25)42-18-15-21(43)41-32(42)45/h15,18,20,22-29,31,39H,11-14,17,19H2,1-10H3,(H,40,46)(H,41,43,45)/t20-,22+,23-,24+,25-,26-,27-,28-,29-,31+/m1/s1. The number of nitrogens with one attached hydrogen (secondary N) is 3. The van der Waals surface area contributed by atoms with Crippen molar-refractivity contribution in [3.8, 4) is 6.07 Å². The van der Waals surface area contributed by atoms with E-state index in [1.807, 2.05) is 13.8 Å². The predicted octanol–water partition coefficient (Wildman–Crippen LogP) is 2.49. The Morgan fingerprint density at radius 3 is 2.24 bits per heavy atom. The van der Waals surface area contributed by atoms with Crippen molar-refractivity contribution in [2.75, 3.05) is 13.1 Å². The number of nitrogens with zero attached hydrogens (tertiary/aromatic N) is 2. The van der Waals surface area contributed by atoms with E-state index in [0.717, 1.165) is 0 Å². The van der Waals surface area contributed by atoms with Crippen LogP contribution in [0.15, 0.2) is 21.9 Å². The molecule has 4 aliphatic rings. The molecule has 1 aromatic heterocycles. The molecule has 0 saturated carbocycles. The van der Waals surface area contributed by atoms with Gasteiger partial charge in [-0.05, 0) is 81.2 Å². The Morgan fingerprint density at radius 2 is 1.62 bits per heavy atom. The fraction of sp³-hybridized carbons (Fsp3) is 0.811. The summed E-state index contributed by atoms with van der Waals surface area (Å²) < 4.78 is 58.3. The zero-order valence-corrected chi connectivity index (χ0v) is 33.4. The number of H-pyrrole nitrogens is 1. The average Bonchev–Trinajstić information content (AvgIpc) is 3.79. The number of aromatic nitrogens is 2. The first-order valence-electron chi connectivity index (χ1n) is 19.0. The fourth-order valence-electron chi connectivity index (χ4n) is 7.19. The molecule has 1 aromatic rings. The Bertz CT molecular complexity index is 1670. The molecule has 3 N–H and O–H groups in total. The van der Waals surface area contributed by atoms with Gasteiger partial charge in [0.25, 0.3) is 5.56 Å². The van der Waals surface area contributed by atoms with Crippen molar-refractivity contribution >= 4 is 12.1 Å². The summed E-state index contributed by atoms with van der Waals surface area (Å²) in [6.45, 7) is 18.0. The summed E-state index contributed by atoms with van der Waals surface area (Å²) in [4.78, 5) is 54.3. The van der Waals surface area contributed by atoms with Crippen LogP contribution in [0.2, 0.25) is 0 Å². The minimum Gasteiger partial charge on any atom is -0.459 e. The van der Waals surface area contributed by atoms with Crippen LogP contribution in [0.1, 0.15) is 101 Å². The van der Waals surface area contributed by atoms with Gasteiger partial charge in [-0.3, -0.25) is 19.1 Å². The number of esters is 1. The molecule has 0 bridgehead atoms. The third kappa shape index (κ3) is 10.1. The molecule has 4 saturated heterocycles. The first-order valence-corrected chi connectivity index (χ1v) is 19.0. The number of rotatable bonds is 14. The monoisotopic (exact) mass is 779 g/mol. The van der Waals surface area contributed by atoms with Gasteiger partial charge in [-0.15, -0.1) is 0 Å². The zero-order valence-electron chi connectivity index (χ0n) is 33.4. The number of nitriles is 1. The number of aromatic amines is 1. The summed E-state index contributed by atoms with van der Waals surface area (Å²) in [7, 11) is 0. The molecular weight excluding hydrogens is 722 g/mol. The first kappa shape index (κ1) is 42.7. The number of hydrogen-bond acceptors (Lipinski definition) is 15. The van der Waals surface area contributed by atoms with Gasteiger partial charge in [-0.1, -0.05) is 13.8 Å². The number of amides is 1. The van der Waals surface area contributed by atoms with Crippen LogP contribution in [-0.4, -0.2) is 113 Å². The maximum atomic E-state index is 14.2. The van der Waals surface area contributed by atoms with Crippen molar-refractivity contribution < 1.29 is 52.2 Å². The van der Waals surface area contributed by atoms with Crippen LogP contribution in [0.3, 0.4) is 0 Å². The third-order valence-corrected chi connectivity index (χ3v) is 9.52. The van der Waals surface area contributed by atoms with E-state index in [9.17, 15) is 24.4 Å². The van der Waals surface area contributed by atoms with Crippen molar-refractivity contribution in [2.45, 2.75) is 179 Å². The van der Waals surface area contributed by atoms with E-state index in [1.165, 1.54) is 16.8 Å². The summed E-state index contributed by atoms with van der Waals surface area (Å²) in [6, 6.07) is 2.05. The van der Waals surface area contributed by atoms with Gasteiger partial charge in [-0.25, -0.2) is 9.59 Å². The lowest BCUT2D eigenvalue weighted by atomic mass is 9.98. The predicted molar refractivity (Wildman–Crippen MR) is 192 cm³/mol. The molecule has 0 spiro atoms. The molecule has 308 valence electrons. The molecule has 5 heterocycles. The van der Waals surface area contributed by atoms with Crippen LogP contribution in [-0.2, 0) is 47.4 Å². The highest BCUT2D eigenvalue weighted by Crippen LogP contribution is 2.47. The maximum absolute atomic E-state index is 14.2. The van der Waals surface area contributed by atoms with Gasteiger partial charge in [-0.2, -0.15) is 5.26 Å². The van der Waals surface area contributed by atoms with Crippen molar-refractivity contribution in [3.05, 3.63) is 33.1 Å². The molecule has 1 amide bonds. The largest absolute Gasteiger partial charge is 0.459 e. The lowest BCUT2D eigenvalue weighted by Gasteiger charge is -2.37. The molecule has 18 heteroatoms. The summed E-state index contributed by atoms with van der Waals surface area (Å²) in [6.07, 6.45) is -6.50. The highest BCUT2D eigenvalue weighted by Gasteiger charge is 2.63. The summed E-state index contributed by atoms with van der Waals surface area (Å²) in [5, 5.41) is 15.2. The molecule has 55 heavy (non-hydrogen) atoms. The third-order valence-electron chi connectivity index (χ3n) is 9.52. The minimum absolute atomic E-state index is 0.0116. The SMILES string of the molecule is CCC1(CC)O[C@H]2[C@H](O[C@H]([C@H]3O[C@@H](n4ccc(=O)[nH]c4=O)[C@@H]4OC(C)(C)O[C@H]34)[C@H](NCCCC#N)C(=O)OC(C)(C)C)O[C@H](CNC(=O)OC(C)(C)C)[C@H]2O1. The molecule has 18 nitrogen and oxygen atoms in total. The number of hydrogen-bond donors (Lipinski definition) is 3. The fourth-order valence-corrected chi connectivity index (χ4v) is 7.19. The van der Waals surface area contributed by atoms with Gasteiger partial charge in [0.1, 0.15) is 60.0 Å². The summed E-state index contributed by atoms with van der Waals surface area (Å²) in [5.41, 5.74) is -2.98. The summed E-state index contributed by atoms with van der Waals surface area (Å²) in [5.74, 6) is -2.81. The molecule has 4 aliphatic heterocycles. The topological polar surface area (TPSA) is 220 Å². The quantitative estimate of drug-likeness (QED) is 0.182. The Morgan fingerprint density at radius 1 is 0.964 bits per heavy atom. The van der Waals surface area contributed by atoms with Crippen LogP contribution < -0.4 is 21.9 Å². The van der Waals surface area contributed by atoms with Crippen molar-refractivity contribution in [1.82, 2.24) is 20.2 Å². The molecule has 0 radical (unpaired) electrons. The van der Waals surface area contributed by atoms with Crippen molar-refractivity contribution in [2.24, 2.45) is 0 Å². The smallest absolute Gasteiger partial charge is 0.407 e. The number of carbonyl (C=O) groups excluding carboxylic acids is 2. The Hall–Kier alpha value is -3.41. The van der Waals surface area contributed by atoms with E-state index in [2.05, 4.69) is 21.7 Å². The maximum Gasteiger partial charge on any atom is 0.407 e. The van der Waals surface area contributed by atoms with Gasteiger partial charge in [0.05, 0.1) is 6.07 Å². The second-order valence-corrected chi connectivity index (χ2v) is 16.6. The Labute approximate surface area is 320 Å². The Kier molecular flexibility index (Phi) is 12.9. The molecular formula is C37H57N5O13. The summed E-state index contributed by atoms with van der Waals surface area (Å²) >= 11 is 0. The highest BCUT2D eigenvalue weighted by molar-refractivity contribution is 5.77. The van der Waals surface area contributed by atoms with Gasteiger partial charge in [0.15, 0.2) is 24.1 Å². The molecule has 10 atom stereocenters. The van der Waals surface area contributed by atoms with Gasteiger partial charge >= 0.3 is 17.8 Å². The minimum atomic E-state index is -1.27. The second kappa shape index (κ2) is 16.6. The first-order chi connectivity index (χ1) is 25.7. The van der Waals surface area contributed by atoms with Crippen molar-refractivity contribution in [3.63, 3.8) is 0 Å². The molecule has 0 aromatic carbocycles. The molecule has 0 aliphatic carbocycles. The molecule has 4 fully saturated rings. The van der Waals surface area contributed by atoms with E-state index in [-0.39, 0.29) is 19.5 Å². The van der Waals surface area contributed by atoms with Crippen LogP contribution in [0.25, 0.3) is 0 Å². The number of unbranched alkanes of at least 4 members (excludes halogenated alkanes) is 1. The Balaban J connectivity index is 1.55. The lowest BCUT2D eigenvalue weighted by molar-refractivity contribution is -0.276. The number of ether oxygens (including phenoxy) is 9. The van der Waals surface area contributed by atoms with E-state index in [0.29, 0.717) is 19.3 Å². The van der Waals surface area contributed by atoms with Gasteiger partial charge in [0.2, 0.25) is 0 Å². The van der Waals surface area contributed by atoms with Crippen LogP contribution in [0.4, 0.5) is 4.79 Å². The molecule has 0 unspecified atom stereocenters. The van der Waals surface area contributed by atoms with E-state index in [4.69, 9.17) is 42.6 Å². The number of alkyl carbamates (subject to hydrolysis) is 1. The normalized spacial score (nSPS) is 30.6. The second-order valence-electron chi connectivity index (χ2n) is 16.6. The number of fused-ring (bicyclic) bond motifs is 2. The lowest BCUT2D eigenvalue weighted by Crippen LogP contribution is -2.58. The van der Waals surface area contributed by atoms with Crippen LogP contribution in [0, 0.1) is 11.3 Å².